The molecule has 2 atom stereocenters. The van der Waals surface area contributed by atoms with Crippen LogP contribution in [0.1, 0.15) is 18.1 Å². The Morgan fingerprint density at radius 2 is 1.90 bits per heavy atom. The first-order valence-corrected chi connectivity index (χ1v) is 6.99. The van der Waals surface area contributed by atoms with E-state index in [4.69, 9.17) is 14.2 Å². The molecule has 21 heavy (non-hydrogen) atoms. The molecule has 1 saturated heterocycles. The molecule has 1 N–H and O–H groups in total. The average molecular weight is 286 g/mol. The van der Waals surface area contributed by atoms with Gasteiger partial charge in [-0.1, -0.05) is 30.3 Å². The van der Waals surface area contributed by atoms with Gasteiger partial charge in [-0.3, -0.25) is 0 Å². The van der Waals surface area contributed by atoms with Crippen molar-refractivity contribution in [3.8, 4) is 11.5 Å². The lowest BCUT2D eigenvalue weighted by atomic mass is 10.2. The average Bonchev–Trinajstić information content (AvgIpc) is 3.21. The molecule has 0 bridgehead atoms. The first kappa shape index (κ1) is 13.9. The summed E-state index contributed by atoms with van der Waals surface area (Å²) in [5.74, 6) is 1.35. The Bertz CT molecular complexity index is 597. The predicted octanol–water partition coefficient (Wildman–Crippen LogP) is 2.88. The van der Waals surface area contributed by atoms with Crippen LogP contribution in [0.3, 0.4) is 0 Å². The van der Waals surface area contributed by atoms with Crippen molar-refractivity contribution in [2.45, 2.75) is 32.5 Å². The number of aliphatic hydroxyl groups is 1. The minimum absolute atomic E-state index is 0.0948. The van der Waals surface area contributed by atoms with E-state index in [0.717, 1.165) is 5.56 Å². The molecule has 110 valence electrons. The topological polar surface area (TPSA) is 51.2 Å². The van der Waals surface area contributed by atoms with Crippen molar-refractivity contribution in [1.82, 2.24) is 0 Å². The number of ether oxygens (including phenoxy) is 3. The quantitative estimate of drug-likeness (QED) is 0.830. The number of hydrogen-bond acceptors (Lipinski definition) is 4. The van der Waals surface area contributed by atoms with Gasteiger partial charge in [0.25, 0.3) is 0 Å². The minimum atomic E-state index is -0.173. The van der Waals surface area contributed by atoms with Crippen LogP contribution in [0.15, 0.2) is 48.5 Å². The maximum Gasteiger partial charge on any atom is 0.226 e. The van der Waals surface area contributed by atoms with Crippen molar-refractivity contribution in [1.29, 1.82) is 0 Å². The van der Waals surface area contributed by atoms with Crippen LogP contribution in [-0.4, -0.2) is 17.5 Å². The molecule has 2 unspecified atom stereocenters. The molecule has 1 heterocycles. The highest BCUT2D eigenvalue weighted by Gasteiger charge is 2.36. The predicted molar refractivity (Wildman–Crippen MR) is 78.1 cm³/mol. The van der Waals surface area contributed by atoms with Gasteiger partial charge in [0.05, 0.1) is 6.61 Å². The first-order valence-electron chi connectivity index (χ1n) is 6.99. The third-order valence-electron chi connectivity index (χ3n) is 3.35. The molecule has 4 heteroatoms. The third kappa shape index (κ3) is 3.54. The molecule has 0 aromatic heterocycles. The third-order valence-corrected chi connectivity index (χ3v) is 3.35. The van der Waals surface area contributed by atoms with Gasteiger partial charge in [0.1, 0.15) is 24.2 Å². The Kier molecular flexibility index (Phi) is 4.08. The minimum Gasteiger partial charge on any atom is -0.489 e. The lowest BCUT2D eigenvalue weighted by molar-refractivity contribution is 0.177. The first-order chi connectivity index (χ1) is 10.3. The van der Waals surface area contributed by atoms with E-state index in [-0.39, 0.29) is 19.0 Å². The molecule has 2 aromatic rings. The molecule has 4 nitrogen and oxygen atoms in total. The van der Waals surface area contributed by atoms with Gasteiger partial charge in [-0.05, 0) is 30.7 Å². The Hall–Kier alpha value is -2.04. The zero-order valence-corrected chi connectivity index (χ0v) is 11.9. The highest BCUT2D eigenvalue weighted by molar-refractivity contribution is 5.40. The van der Waals surface area contributed by atoms with E-state index in [1.807, 2.05) is 49.4 Å². The summed E-state index contributed by atoms with van der Waals surface area (Å²) in [7, 11) is 0. The fourth-order valence-electron chi connectivity index (χ4n) is 2.05. The number of benzene rings is 2. The molecule has 0 amide bonds. The van der Waals surface area contributed by atoms with E-state index in [0.29, 0.717) is 23.7 Å². The summed E-state index contributed by atoms with van der Waals surface area (Å²) in [6, 6.07) is 15.3. The van der Waals surface area contributed by atoms with Gasteiger partial charge in [0, 0.05) is 5.56 Å². The summed E-state index contributed by atoms with van der Waals surface area (Å²) in [5, 5.41) is 9.48. The highest BCUT2D eigenvalue weighted by atomic mass is 16.8. The lowest BCUT2D eigenvalue weighted by Gasteiger charge is -2.12. The summed E-state index contributed by atoms with van der Waals surface area (Å²) < 4.78 is 16.6. The molecule has 3 rings (SSSR count). The second-order valence-electron chi connectivity index (χ2n) is 5.03. The fraction of sp³-hybridized carbons (Fsp3) is 0.294. The summed E-state index contributed by atoms with van der Waals surface area (Å²) in [6.07, 6.45) is -0.0378. The second-order valence-corrected chi connectivity index (χ2v) is 5.03. The molecule has 0 aliphatic carbocycles. The van der Waals surface area contributed by atoms with Crippen LogP contribution in [0.5, 0.6) is 11.5 Å². The largest absolute Gasteiger partial charge is 0.489 e. The number of hydrogen-bond donors (Lipinski definition) is 1. The zero-order valence-electron chi connectivity index (χ0n) is 11.9. The number of aliphatic hydroxyl groups excluding tert-OH is 1. The Labute approximate surface area is 123 Å². The normalized spacial score (nSPS) is 20.1. The summed E-state index contributed by atoms with van der Waals surface area (Å²) >= 11 is 0. The lowest BCUT2D eigenvalue weighted by Crippen LogP contribution is -2.03. The van der Waals surface area contributed by atoms with Gasteiger partial charge >= 0.3 is 0 Å². The Morgan fingerprint density at radius 3 is 2.57 bits per heavy atom. The van der Waals surface area contributed by atoms with E-state index in [1.54, 1.807) is 6.07 Å². The molecular formula is C17H18O4. The zero-order chi connectivity index (χ0) is 14.7. The monoisotopic (exact) mass is 286 g/mol. The fourth-order valence-corrected chi connectivity index (χ4v) is 2.05. The highest BCUT2D eigenvalue weighted by Crippen LogP contribution is 2.30. The van der Waals surface area contributed by atoms with Crippen molar-refractivity contribution in [3.05, 3.63) is 59.7 Å². The van der Waals surface area contributed by atoms with Crippen LogP contribution in [0.4, 0.5) is 0 Å². The van der Waals surface area contributed by atoms with E-state index >= 15 is 0 Å². The van der Waals surface area contributed by atoms with E-state index < -0.39 is 0 Å². The molecule has 0 spiro atoms. The Morgan fingerprint density at radius 1 is 1.14 bits per heavy atom. The molecule has 0 saturated carbocycles. The van der Waals surface area contributed by atoms with Crippen LogP contribution in [-0.2, 0) is 18.0 Å². The number of epoxide rings is 1. The van der Waals surface area contributed by atoms with Crippen molar-refractivity contribution < 1.29 is 19.3 Å². The maximum atomic E-state index is 9.48. The van der Waals surface area contributed by atoms with Crippen molar-refractivity contribution in [2.75, 3.05) is 0 Å². The van der Waals surface area contributed by atoms with Crippen LogP contribution < -0.4 is 9.47 Å². The van der Waals surface area contributed by atoms with Gasteiger partial charge in [0.2, 0.25) is 6.29 Å². The van der Waals surface area contributed by atoms with Gasteiger partial charge in [-0.15, -0.1) is 0 Å². The van der Waals surface area contributed by atoms with Crippen LogP contribution in [0.2, 0.25) is 0 Å². The molecule has 0 radical (unpaired) electrons. The summed E-state index contributed by atoms with van der Waals surface area (Å²) in [4.78, 5) is 0. The van der Waals surface area contributed by atoms with E-state index in [2.05, 4.69) is 0 Å². The van der Waals surface area contributed by atoms with Gasteiger partial charge in [-0.2, -0.15) is 0 Å². The maximum absolute atomic E-state index is 9.48. The van der Waals surface area contributed by atoms with Gasteiger partial charge < -0.3 is 19.3 Å². The number of rotatable bonds is 6. The van der Waals surface area contributed by atoms with Gasteiger partial charge in [-0.25, -0.2) is 0 Å². The van der Waals surface area contributed by atoms with Gasteiger partial charge in [0.15, 0.2) is 0 Å². The standard InChI is InChI=1S/C17H18O4/c1-12-17(20-12)21-15-7-8-16(14(9-15)10-18)19-11-13-5-3-2-4-6-13/h2-9,12,17-18H,10-11H2,1H3. The van der Waals surface area contributed by atoms with Crippen molar-refractivity contribution >= 4 is 0 Å². The SMILES string of the molecule is CC1OC1Oc1ccc(OCc2ccccc2)c(CO)c1. The van der Waals surface area contributed by atoms with Crippen molar-refractivity contribution in [3.63, 3.8) is 0 Å². The molecule has 2 aromatic carbocycles. The molecule has 1 fully saturated rings. The van der Waals surface area contributed by atoms with Crippen LogP contribution in [0.25, 0.3) is 0 Å². The summed E-state index contributed by atoms with van der Waals surface area (Å²) in [5.41, 5.74) is 1.79. The second kappa shape index (κ2) is 6.16. The smallest absolute Gasteiger partial charge is 0.226 e. The molecular weight excluding hydrogens is 268 g/mol. The van der Waals surface area contributed by atoms with Crippen molar-refractivity contribution in [2.24, 2.45) is 0 Å². The van der Waals surface area contributed by atoms with Crippen LogP contribution >= 0.6 is 0 Å². The summed E-state index contributed by atoms with van der Waals surface area (Å²) in [6.45, 7) is 2.33. The Balaban J connectivity index is 1.67. The van der Waals surface area contributed by atoms with E-state index in [9.17, 15) is 5.11 Å². The molecule has 1 aliphatic heterocycles. The van der Waals surface area contributed by atoms with Crippen LogP contribution in [0, 0.1) is 0 Å². The molecule has 1 aliphatic rings. The van der Waals surface area contributed by atoms with E-state index in [1.165, 1.54) is 0 Å².